The Labute approximate surface area is 105 Å². The highest BCUT2D eigenvalue weighted by Crippen LogP contribution is 2.30. The average Bonchev–Trinajstić information content (AvgIpc) is 2.25. The van der Waals surface area contributed by atoms with Crippen molar-refractivity contribution in [3.8, 4) is 0 Å². The van der Waals surface area contributed by atoms with Crippen molar-refractivity contribution in [2.24, 2.45) is 0 Å². The summed E-state index contributed by atoms with van der Waals surface area (Å²) in [6.45, 7) is 3.55. The number of carbonyl (C=O) groups is 2. The van der Waals surface area contributed by atoms with E-state index in [2.05, 4.69) is 0 Å². The summed E-state index contributed by atoms with van der Waals surface area (Å²) >= 11 is 1.48. The topological polar surface area (TPSA) is 54.4 Å². The van der Waals surface area contributed by atoms with Crippen molar-refractivity contribution in [3.63, 3.8) is 0 Å². The molecule has 4 heteroatoms. The van der Waals surface area contributed by atoms with E-state index in [4.69, 9.17) is 5.11 Å². The highest BCUT2D eigenvalue weighted by atomic mass is 32.2. The Morgan fingerprint density at radius 2 is 2.06 bits per heavy atom. The van der Waals surface area contributed by atoms with Crippen LogP contribution in [0.1, 0.15) is 27.0 Å². The molecule has 1 N–H and O–H groups in total. The fraction of sp³-hybridized carbons (Fsp3) is 0.231. The minimum atomic E-state index is -0.916. The Kier molecular flexibility index (Phi) is 4.52. The maximum absolute atomic E-state index is 11.2. The van der Waals surface area contributed by atoms with Gasteiger partial charge in [0.25, 0.3) is 0 Å². The molecule has 0 bridgehead atoms. The van der Waals surface area contributed by atoms with Gasteiger partial charge in [-0.05, 0) is 42.9 Å². The molecule has 90 valence electrons. The van der Waals surface area contributed by atoms with Crippen LogP contribution in [0.3, 0.4) is 0 Å². The Morgan fingerprint density at radius 3 is 2.53 bits per heavy atom. The van der Waals surface area contributed by atoms with Crippen molar-refractivity contribution >= 4 is 30.1 Å². The largest absolute Gasteiger partial charge is 0.478 e. The lowest BCUT2D eigenvalue weighted by molar-refractivity contribution is -0.104. The molecule has 0 aliphatic heterocycles. The summed E-state index contributed by atoms with van der Waals surface area (Å²) in [4.78, 5) is 22.4. The van der Waals surface area contributed by atoms with Crippen molar-refractivity contribution < 1.29 is 14.7 Å². The zero-order chi connectivity index (χ0) is 13.0. The number of carbonyl (C=O) groups excluding carboxylic acids is 1. The molecule has 0 atom stereocenters. The van der Waals surface area contributed by atoms with E-state index in [1.165, 1.54) is 17.8 Å². The maximum Gasteiger partial charge on any atom is 0.336 e. The number of carboxylic acid groups (broad SMARTS) is 1. The molecule has 0 aliphatic carbocycles. The predicted octanol–water partition coefficient (Wildman–Crippen LogP) is 2.94. The molecule has 0 radical (unpaired) electrons. The third kappa shape index (κ3) is 2.77. The van der Waals surface area contributed by atoms with Crippen LogP contribution in [0.5, 0.6) is 0 Å². The second kappa shape index (κ2) is 5.68. The molecule has 0 aromatic heterocycles. The van der Waals surface area contributed by atoms with Gasteiger partial charge >= 0.3 is 5.97 Å². The van der Waals surface area contributed by atoms with Gasteiger partial charge in [0.15, 0.2) is 0 Å². The SMILES string of the molecule is CSc1c(C=CC=O)cc(C)c(C(=O)O)c1C. The maximum atomic E-state index is 11.2. The van der Waals surface area contributed by atoms with Gasteiger partial charge in [0.1, 0.15) is 6.29 Å². The molecule has 0 aliphatic rings. The van der Waals surface area contributed by atoms with E-state index >= 15 is 0 Å². The van der Waals surface area contributed by atoms with Gasteiger partial charge in [-0.3, -0.25) is 4.79 Å². The molecular weight excluding hydrogens is 236 g/mol. The molecular formula is C13H14O3S. The quantitative estimate of drug-likeness (QED) is 0.507. The normalized spacial score (nSPS) is 10.8. The molecule has 0 fully saturated rings. The summed E-state index contributed by atoms with van der Waals surface area (Å²) in [6, 6.07) is 1.79. The van der Waals surface area contributed by atoms with E-state index in [0.29, 0.717) is 17.4 Å². The van der Waals surface area contributed by atoms with Crippen molar-refractivity contribution in [1.29, 1.82) is 0 Å². The van der Waals surface area contributed by atoms with Crippen LogP contribution in [0.15, 0.2) is 17.0 Å². The van der Waals surface area contributed by atoms with E-state index in [1.807, 2.05) is 6.26 Å². The Balaban J connectivity index is 3.51. The van der Waals surface area contributed by atoms with Gasteiger partial charge in [0.2, 0.25) is 0 Å². The Bertz CT molecular complexity index is 490. The van der Waals surface area contributed by atoms with Gasteiger partial charge in [-0.2, -0.15) is 0 Å². The fourth-order valence-corrected chi connectivity index (χ4v) is 2.63. The zero-order valence-electron chi connectivity index (χ0n) is 9.98. The van der Waals surface area contributed by atoms with E-state index in [0.717, 1.165) is 16.0 Å². The second-order valence-corrected chi connectivity index (χ2v) is 4.43. The molecule has 3 nitrogen and oxygen atoms in total. The molecule has 0 heterocycles. The lowest BCUT2D eigenvalue weighted by Gasteiger charge is -2.13. The molecule has 0 saturated heterocycles. The minimum absolute atomic E-state index is 0.345. The number of benzene rings is 1. The standard InChI is InChI=1S/C13H14O3S/c1-8-7-10(5-4-6-14)12(17-3)9(2)11(8)13(15)16/h4-7H,1-3H3,(H,15,16). The summed E-state index contributed by atoms with van der Waals surface area (Å²) in [5.41, 5.74) is 2.68. The first-order valence-electron chi connectivity index (χ1n) is 5.06. The number of aromatic carboxylic acids is 1. The molecule has 0 spiro atoms. The van der Waals surface area contributed by atoms with Gasteiger partial charge in [0, 0.05) is 4.90 Å². The van der Waals surface area contributed by atoms with Crippen LogP contribution in [0.25, 0.3) is 6.08 Å². The molecule has 17 heavy (non-hydrogen) atoms. The van der Waals surface area contributed by atoms with Crippen LogP contribution in [0.4, 0.5) is 0 Å². The number of rotatable bonds is 4. The van der Waals surface area contributed by atoms with Crippen LogP contribution in [-0.4, -0.2) is 23.6 Å². The summed E-state index contributed by atoms with van der Waals surface area (Å²) in [5, 5.41) is 9.15. The van der Waals surface area contributed by atoms with E-state index < -0.39 is 5.97 Å². The van der Waals surface area contributed by atoms with E-state index in [-0.39, 0.29) is 0 Å². The van der Waals surface area contributed by atoms with E-state index in [1.54, 1.807) is 26.0 Å². The summed E-state index contributed by atoms with van der Waals surface area (Å²) in [5.74, 6) is -0.916. The van der Waals surface area contributed by atoms with E-state index in [9.17, 15) is 9.59 Å². The van der Waals surface area contributed by atoms with Gasteiger partial charge in [-0.15, -0.1) is 11.8 Å². The highest BCUT2D eigenvalue weighted by Gasteiger charge is 2.16. The van der Waals surface area contributed by atoms with Gasteiger partial charge in [0.05, 0.1) is 5.56 Å². The van der Waals surface area contributed by atoms with Crippen molar-refractivity contribution in [3.05, 3.63) is 34.4 Å². The lowest BCUT2D eigenvalue weighted by Crippen LogP contribution is -2.05. The lowest BCUT2D eigenvalue weighted by atomic mass is 9.99. The van der Waals surface area contributed by atoms with Crippen LogP contribution >= 0.6 is 11.8 Å². The number of allylic oxidation sites excluding steroid dienone is 1. The average molecular weight is 250 g/mol. The fourth-order valence-electron chi connectivity index (χ4n) is 1.86. The van der Waals surface area contributed by atoms with Gasteiger partial charge in [-0.25, -0.2) is 4.79 Å². The molecule has 0 saturated carbocycles. The van der Waals surface area contributed by atoms with Crippen molar-refractivity contribution in [2.45, 2.75) is 18.7 Å². The van der Waals surface area contributed by atoms with Crippen LogP contribution in [0, 0.1) is 13.8 Å². The first kappa shape index (κ1) is 13.5. The number of carboxylic acids is 1. The number of aldehydes is 1. The summed E-state index contributed by atoms with van der Waals surface area (Å²) < 4.78 is 0. The Hall–Kier alpha value is -1.55. The number of hydrogen-bond donors (Lipinski definition) is 1. The first-order valence-corrected chi connectivity index (χ1v) is 6.28. The van der Waals surface area contributed by atoms with Crippen LogP contribution < -0.4 is 0 Å². The Morgan fingerprint density at radius 1 is 1.41 bits per heavy atom. The molecule has 1 aromatic rings. The molecule has 1 aromatic carbocycles. The van der Waals surface area contributed by atoms with Crippen LogP contribution in [-0.2, 0) is 4.79 Å². The number of hydrogen-bond acceptors (Lipinski definition) is 3. The molecule has 0 amide bonds. The van der Waals surface area contributed by atoms with Gasteiger partial charge in [-0.1, -0.05) is 12.1 Å². The smallest absolute Gasteiger partial charge is 0.336 e. The van der Waals surface area contributed by atoms with Gasteiger partial charge < -0.3 is 5.11 Å². The van der Waals surface area contributed by atoms with Crippen LogP contribution in [0.2, 0.25) is 0 Å². The first-order chi connectivity index (χ1) is 8.02. The third-order valence-electron chi connectivity index (χ3n) is 2.52. The highest BCUT2D eigenvalue weighted by molar-refractivity contribution is 7.98. The number of thioether (sulfide) groups is 1. The molecule has 1 rings (SSSR count). The summed E-state index contributed by atoms with van der Waals surface area (Å²) in [7, 11) is 0. The monoisotopic (exact) mass is 250 g/mol. The third-order valence-corrected chi connectivity index (χ3v) is 3.47. The zero-order valence-corrected chi connectivity index (χ0v) is 10.8. The van der Waals surface area contributed by atoms with Crippen molar-refractivity contribution in [2.75, 3.05) is 6.26 Å². The molecule has 0 unspecified atom stereocenters. The summed E-state index contributed by atoms with van der Waals surface area (Å²) in [6.07, 6.45) is 5.71. The number of aryl methyl sites for hydroxylation is 1. The van der Waals surface area contributed by atoms with Crippen molar-refractivity contribution in [1.82, 2.24) is 0 Å². The minimum Gasteiger partial charge on any atom is -0.478 e. The predicted molar refractivity (Wildman–Crippen MR) is 69.8 cm³/mol. The second-order valence-electron chi connectivity index (χ2n) is 3.62.